The molecule has 0 spiro atoms. The Labute approximate surface area is 140 Å². The second kappa shape index (κ2) is 6.13. The third-order valence-electron chi connectivity index (χ3n) is 4.04. The summed E-state index contributed by atoms with van der Waals surface area (Å²) in [6, 6.07) is 14.2. The largest absolute Gasteiger partial charge is 0.361 e. The molecule has 124 valence electrons. The van der Waals surface area contributed by atoms with E-state index >= 15 is 0 Å². The molecule has 2 aromatic carbocycles. The Morgan fingerprint density at radius 1 is 1.08 bits per heavy atom. The Balaban J connectivity index is 1.80. The molecule has 0 fully saturated rings. The molecule has 0 aliphatic heterocycles. The first kappa shape index (κ1) is 16.3. The number of para-hydroxylation sites is 1. The van der Waals surface area contributed by atoms with Crippen LogP contribution in [0.1, 0.15) is 5.56 Å². The van der Waals surface area contributed by atoms with Crippen LogP contribution in [0.4, 0.5) is 5.69 Å². The van der Waals surface area contributed by atoms with Crippen molar-refractivity contribution in [2.75, 3.05) is 18.2 Å². The van der Waals surface area contributed by atoms with Gasteiger partial charge in [0.15, 0.2) is 9.84 Å². The number of anilines is 1. The molecule has 0 atom stereocenters. The van der Waals surface area contributed by atoms with Gasteiger partial charge in [-0.15, -0.1) is 0 Å². The molecular weight excluding hydrogens is 324 g/mol. The number of H-pyrrole nitrogens is 1. The number of aromatic amines is 1. The average Bonchev–Trinajstić information content (AvgIpc) is 2.96. The van der Waals surface area contributed by atoms with E-state index in [1.807, 2.05) is 30.5 Å². The van der Waals surface area contributed by atoms with Gasteiger partial charge in [-0.2, -0.15) is 0 Å². The number of amides is 1. The zero-order chi connectivity index (χ0) is 17.3. The van der Waals surface area contributed by atoms with Crippen LogP contribution in [-0.4, -0.2) is 32.6 Å². The van der Waals surface area contributed by atoms with Crippen LogP contribution in [0.15, 0.2) is 59.6 Å². The molecule has 1 aromatic heterocycles. The van der Waals surface area contributed by atoms with Crippen molar-refractivity contribution in [3.63, 3.8) is 0 Å². The summed E-state index contributed by atoms with van der Waals surface area (Å²) in [7, 11) is -1.55. The van der Waals surface area contributed by atoms with Gasteiger partial charge in [0.2, 0.25) is 5.91 Å². The monoisotopic (exact) mass is 342 g/mol. The lowest BCUT2D eigenvalue weighted by molar-refractivity contribution is -0.117. The molecule has 0 saturated carbocycles. The fourth-order valence-corrected chi connectivity index (χ4v) is 3.25. The van der Waals surface area contributed by atoms with Gasteiger partial charge >= 0.3 is 0 Å². The maximum absolute atomic E-state index is 12.5. The molecule has 0 saturated heterocycles. The standard InChI is InChI=1S/C18H18N2O3S/c1-20(14-7-9-15(10-8-14)24(2,22)23)18(21)11-13-12-19-17-6-4-3-5-16(13)17/h3-10,12,19H,11H2,1-2H3. The van der Waals surface area contributed by atoms with E-state index in [4.69, 9.17) is 0 Å². The van der Waals surface area contributed by atoms with Gasteiger partial charge in [0.05, 0.1) is 11.3 Å². The number of nitrogens with one attached hydrogen (secondary N) is 1. The van der Waals surface area contributed by atoms with Crippen molar-refractivity contribution < 1.29 is 13.2 Å². The zero-order valence-electron chi connectivity index (χ0n) is 13.5. The first-order valence-corrected chi connectivity index (χ1v) is 9.37. The lowest BCUT2D eigenvalue weighted by Crippen LogP contribution is -2.27. The quantitative estimate of drug-likeness (QED) is 0.792. The van der Waals surface area contributed by atoms with Gasteiger partial charge in [0, 0.05) is 36.1 Å². The highest BCUT2D eigenvalue weighted by Gasteiger charge is 2.15. The van der Waals surface area contributed by atoms with Crippen LogP contribution in [0.3, 0.4) is 0 Å². The summed E-state index contributed by atoms with van der Waals surface area (Å²) >= 11 is 0. The van der Waals surface area contributed by atoms with E-state index < -0.39 is 9.84 Å². The minimum atomic E-state index is -3.24. The topological polar surface area (TPSA) is 70.2 Å². The summed E-state index contributed by atoms with van der Waals surface area (Å²) < 4.78 is 23.0. The van der Waals surface area contributed by atoms with E-state index in [0.29, 0.717) is 5.69 Å². The minimum Gasteiger partial charge on any atom is -0.361 e. The Morgan fingerprint density at radius 2 is 1.75 bits per heavy atom. The normalized spacial score (nSPS) is 11.6. The maximum atomic E-state index is 12.5. The lowest BCUT2D eigenvalue weighted by atomic mass is 10.1. The number of carbonyl (C=O) groups excluding carboxylic acids is 1. The highest BCUT2D eigenvalue weighted by molar-refractivity contribution is 7.90. The number of nitrogens with zero attached hydrogens (tertiary/aromatic N) is 1. The smallest absolute Gasteiger partial charge is 0.231 e. The van der Waals surface area contributed by atoms with Crippen molar-refractivity contribution in [3.8, 4) is 0 Å². The van der Waals surface area contributed by atoms with Gasteiger partial charge in [0.1, 0.15) is 0 Å². The summed E-state index contributed by atoms with van der Waals surface area (Å²) in [4.78, 5) is 17.5. The number of benzene rings is 2. The van der Waals surface area contributed by atoms with E-state index in [1.165, 1.54) is 17.0 Å². The van der Waals surface area contributed by atoms with Crippen LogP contribution in [0.5, 0.6) is 0 Å². The highest BCUT2D eigenvalue weighted by Crippen LogP contribution is 2.21. The van der Waals surface area contributed by atoms with Gasteiger partial charge in [-0.1, -0.05) is 18.2 Å². The summed E-state index contributed by atoms with van der Waals surface area (Å²) in [6.07, 6.45) is 3.28. The van der Waals surface area contributed by atoms with E-state index in [0.717, 1.165) is 22.7 Å². The second-order valence-corrected chi connectivity index (χ2v) is 7.77. The number of aromatic nitrogens is 1. The van der Waals surface area contributed by atoms with E-state index in [1.54, 1.807) is 19.2 Å². The third kappa shape index (κ3) is 3.19. The van der Waals surface area contributed by atoms with Crippen molar-refractivity contribution in [3.05, 3.63) is 60.3 Å². The van der Waals surface area contributed by atoms with Crippen molar-refractivity contribution in [1.29, 1.82) is 0 Å². The van der Waals surface area contributed by atoms with Gasteiger partial charge in [0.25, 0.3) is 0 Å². The molecule has 3 rings (SSSR count). The molecule has 0 radical (unpaired) electrons. The zero-order valence-corrected chi connectivity index (χ0v) is 14.3. The van der Waals surface area contributed by atoms with Crippen LogP contribution in [0, 0.1) is 0 Å². The first-order chi connectivity index (χ1) is 11.4. The van der Waals surface area contributed by atoms with Gasteiger partial charge in [-0.3, -0.25) is 4.79 Å². The molecule has 0 bridgehead atoms. The molecule has 3 aromatic rings. The summed E-state index contributed by atoms with van der Waals surface area (Å²) in [5.74, 6) is -0.0631. The maximum Gasteiger partial charge on any atom is 0.231 e. The van der Waals surface area contributed by atoms with Crippen molar-refractivity contribution in [2.45, 2.75) is 11.3 Å². The molecule has 24 heavy (non-hydrogen) atoms. The molecule has 1 amide bonds. The minimum absolute atomic E-state index is 0.0631. The van der Waals surface area contributed by atoms with Gasteiger partial charge in [-0.05, 0) is 35.9 Å². The Kier molecular flexibility index (Phi) is 4.15. The van der Waals surface area contributed by atoms with Crippen LogP contribution < -0.4 is 4.90 Å². The summed E-state index contributed by atoms with van der Waals surface area (Å²) in [6.45, 7) is 0. The van der Waals surface area contributed by atoms with Crippen LogP contribution >= 0.6 is 0 Å². The molecule has 5 nitrogen and oxygen atoms in total. The SMILES string of the molecule is CN(C(=O)Cc1c[nH]c2ccccc12)c1ccc(S(C)(=O)=O)cc1. The fourth-order valence-electron chi connectivity index (χ4n) is 2.62. The average molecular weight is 342 g/mol. The first-order valence-electron chi connectivity index (χ1n) is 7.48. The third-order valence-corrected chi connectivity index (χ3v) is 5.17. The van der Waals surface area contributed by atoms with Gasteiger partial charge < -0.3 is 9.88 Å². The summed E-state index contributed by atoms with van der Waals surface area (Å²) in [5, 5.41) is 1.03. The summed E-state index contributed by atoms with van der Waals surface area (Å²) in [5.41, 5.74) is 2.60. The Morgan fingerprint density at radius 3 is 2.42 bits per heavy atom. The number of hydrogen-bond donors (Lipinski definition) is 1. The second-order valence-electron chi connectivity index (χ2n) is 5.76. The molecule has 1 heterocycles. The predicted molar refractivity (Wildman–Crippen MR) is 95.0 cm³/mol. The van der Waals surface area contributed by atoms with Gasteiger partial charge in [-0.25, -0.2) is 8.42 Å². The Hall–Kier alpha value is -2.60. The van der Waals surface area contributed by atoms with Crippen molar-refractivity contribution in [1.82, 2.24) is 4.98 Å². The van der Waals surface area contributed by atoms with E-state index in [9.17, 15) is 13.2 Å². The number of carbonyl (C=O) groups is 1. The highest BCUT2D eigenvalue weighted by atomic mass is 32.2. The number of fused-ring (bicyclic) bond motifs is 1. The van der Waals surface area contributed by atoms with E-state index in [2.05, 4.69) is 4.98 Å². The van der Waals surface area contributed by atoms with Crippen molar-refractivity contribution >= 4 is 32.3 Å². The number of likely N-dealkylation sites (N-methyl/N-ethyl adjacent to an activating group) is 1. The van der Waals surface area contributed by atoms with Crippen LogP contribution in [0.25, 0.3) is 10.9 Å². The number of rotatable bonds is 4. The molecule has 0 aliphatic carbocycles. The lowest BCUT2D eigenvalue weighted by Gasteiger charge is -2.17. The fraction of sp³-hybridized carbons (Fsp3) is 0.167. The predicted octanol–water partition coefficient (Wildman–Crippen LogP) is 2.78. The molecule has 0 aliphatic rings. The molecular formula is C18H18N2O3S. The Bertz CT molecular complexity index is 989. The number of sulfone groups is 1. The molecule has 0 unspecified atom stereocenters. The number of hydrogen-bond acceptors (Lipinski definition) is 3. The van der Waals surface area contributed by atoms with Crippen LogP contribution in [-0.2, 0) is 21.1 Å². The molecule has 1 N–H and O–H groups in total. The molecule has 6 heteroatoms. The van der Waals surface area contributed by atoms with E-state index in [-0.39, 0.29) is 17.2 Å². The van der Waals surface area contributed by atoms with Crippen LogP contribution in [0.2, 0.25) is 0 Å². The van der Waals surface area contributed by atoms with Crippen molar-refractivity contribution in [2.24, 2.45) is 0 Å².